The fraction of sp³-hybridized carbons (Fsp3) is 0.214. The molecule has 1 aromatic heterocycles. The monoisotopic (exact) mass is 287 g/mol. The average molecular weight is 287 g/mol. The Morgan fingerprint density at radius 1 is 1.38 bits per heavy atom. The number of para-hydroxylation sites is 1. The second kappa shape index (κ2) is 4.93. The van der Waals surface area contributed by atoms with Crippen molar-refractivity contribution in [3.05, 3.63) is 46.4 Å². The van der Waals surface area contributed by atoms with E-state index in [1.54, 1.807) is 12.1 Å². The molecule has 108 valence electrons. The summed E-state index contributed by atoms with van der Waals surface area (Å²) in [6.07, 6.45) is 0.839. The number of benzene rings is 1. The number of carbonyl (C=O) groups excluding carboxylic acids is 1. The second-order valence-corrected chi connectivity index (χ2v) is 4.55. The van der Waals surface area contributed by atoms with E-state index in [-0.39, 0.29) is 12.3 Å². The Kier molecular flexibility index (Phi) is 3.09. The number of rotatable bonds is 0. The lowest BCUT2D eigenvalue weighted by atomic mass is 10.2. The van der Waals surface area contributed by atoms with Gasteiger partial charge >= 0.3 is 11.7 Å². The molecule has 2 heterocycles. The first-order valence-corrected chi connectivity index (χ1v) is 6.29. The number of methoxy groups -OCH3 is 1. The Balaban J connectivity index is 2.24. The minimum atomic E-state index is -0.577. The van der Waals surface area contributed by atoms with Crippen molar-refractivity contribution in [2.45, 2.75) is 6.54 Å². The zero-order valence-electron chi connectivity index (χ0n) is 11.6. The van der Waals surface area contributed by atoms with Gasteiger partial charge in [0.05, 0.1) is 19.9 Å². The number of nitrogens with zero attached hydrogens (tertiary/aromatic N) is 3. The molecule has 2 aromatic rings. The number of aryl methyl sites for hydroxylation is 1. The van der Waals surface area contributed by atoms with Crippen LogP contribution in [0.15, 0.2) is 35.3 Å². The fourth-order valence-corrected chi connectivity index (χ4v) is 2.17. The summed E-state index contributed by atoms with van der Waals surface area (Å²) >= 11 is 0. The Morgan fingerprint density at radius 3 is 2.90 bits per heavy atom. The first-order valence-electron chi connectivity index (χ1n) is 6.29. The summed E-state index contributed by atoms with van der Waals surface area (Å²) in [7, 11) is 2.80. The van der Waals surface area contributed by atoms with Crippen molar-refractivity contribution in [1.29, 1.82) is 0 Å². The number of anilines is 1. The van der Waals surface area contributed by atoms with Gasteiger partial charge in [-0.3, -0.25) is 9.69 Å². The predicted molar refractivity (Wildman–Crippen MR) is 74.6 cm³/mol. The van der Waals surface area contributed by atoms with Gasteiger partial charge in [-0.25, -0.2) is 9.48 Å². The smallest absolute Gasteiger partial charge is 0.414 e. The maximum absolute atomic E-state index is 12.2. The van der Waals surface area contributed by atoms with Gasteiger partial charge in [0.25, 0.3) is 0 Å². The van der Waals surface area contributed by atoms with E-state index in [2.05, 4.69) is 5.10 Å². The highest BCUT2D eigenvalue weighted by molar-refractivity contribution is 5.89. The van der Waals surface area contributed by atoms with E-state index in [1.165, 1.54) is 25.3 Å². The number of ether oxygens (including phenoxy) is 2. The van der Waals surface area contributed by atoms with Gasteiger partial charge in [0.2, 0.25) is 5.75 Å². The van der Waals surface area contributed by atoms with Gasteiger partial charge in [-0.05, 0) is 6.07 Å². The molecule has 0 N–H and O–H groups in total. The highest BCUT2D eigenvalue weighted by Crippen LogP contribution is 2.36. The number of carbonyl (C=O) groups is 1. The van der Waals surface area contributed by atoms with Crippen LogP contribution in [0.25, 0.3) is 0 Å². The maximum Gasteiger partial charge on any atom is 0.414 e. The minimum Gasteiger partial charge on any atom is -0.452 e. The summed E-state index contributed by atoms with van der Waals surface area (Å²) in [6, 6.07) is 7.22. The normalized spacial score (nSPS) is 12.8. The summed E-state index contributed by atoms with van der Waals surface area (Å²) in [5, 5.41) is 3.94. The van der Waals surface area contributed by atoms with Crippen LogP contribution in [0.3, 0.4) is 0 Å². The third kappa shape index (κ3) is 2.12. The summed E-state index contributed by atoms with van der Waals surface area (Å²) in [5.74, 6) is 0.594. The number of aromatic nitrogens is 2. The zero-order chi connectivity index (χ0) is 15.0. The van der Waals surface area contributed by atoms with Crippen LogP contribution in [0.2, 0.25) is 0 Å². The lowest BCUT2D eigenvalue weighted by Crippen LogP contribution is -2.32. The van der Waals surface area contributed by atoms with Gasteiger partial charge in [-0.15, -0.1) is 0 Å². The first-order chi connectivity index (χ1) is 10.1. The first kappa shape index (κ1) is 13.2. The van der Waals surface area contributed by atoms with Gasteiger partial charge in [-0.1, -0.05) is 18.2 Å². The molecule has 1 amide bonds. The summed E-state index contributed by atoms with van der Waals surface area (Å²) in [4.78, 5) is 25.6. The Labute approximate surface area is 120 Å². The SMILES string of the molecule is COC(=O)N1Cc2ccccc2Oc2c1cnn(C)c2=O. The topological polar surface area (TPSA) is 73.7 Å². The van der Waals surface area contributed by atoms with Crippen LogP contribution in [-0.2, 0) is 18.3 Å². The second-order valence-electron chi connectivity index (χ2n) is 4.55. The van der Waals surface area contributed by atoms with Gasteiger partial charge in [0, 0.05) is 12.6 Å². The molecule has 0 saturated heterocycles. The lowest BCUT2D eigenvalue weighted by Gasteiger charge is -2.19. The molecule has 1 aromatic carbocycles. The van der Waals surface area contributed by atoms with E-state index in [0.29, 0.717) is 11.4 Å². The van der Waals surface area contributed by atoms with E-state index in [1.807, 2.05) is 12.1 Å². The molecule has 0 radical (unpaired) electrons. The fourth-order valence-electron chi connectivity index (χ4n) is 2.17. The van der Waals surface area contributed by atoms with E-state index < -0.39 is 11.7 Å². The van der Waals surface area contributed by atoms with E-state index in [4.69, 9.17) is 9.47 Å². The molecule has 0 fully saturated rings. The van der Waals surface area contributed by atoms with Crippen molar-refractivity contribution in [1.82, 2.24) is 9.78 Å². The van der Waals surface area contributed by atoms with Gasteiger partial charge in [-0.2, -0.15) is 5.10 Å². The predicted octanol–water partition coefficient (Wildman–Crippen LogP) is 1.66. The molecular weight excluding hydrogens is 274 g/mol. The molecule has 0 spiro atoms. The van der Waals surface area contributed by atoms with Crippen LogP contribution in [0.1, 0.15) is 5.56 Å². The highest BCUT2D eigenvalue weighted by Gasteiger charge is 2.28. The molecule has 0 saturated carbocycles. The van der Waals surface area contributed by atoms with Crippen molar-refractivity contribution in [2.75, 3.05) is 12.0 Å². The van der Waals surface area contributed by atoms with Crippen molar-refractivity contribution < 1.29 is 14.3 Å². The standard InChI is InChI=1S/C14H13N3O4/c1-16-13(18)12-10(7-15-16)17(14(19)20-2)8-9-5-3-4-6-11(9)21-12/h3-7H,8H2,1-2H3. The average Bonchev–Trinajstić information content (AvgIpc) is 2.67. The molecule has 7 heteroatoms. The summed E-state index contributed by atoms with van der Waals surface area (Å²) in [5.41, 5.74) is 0.653. The Morgan fingerprint density at radius 2 is 2.14 bits per heavy atom. The van der Waals surface area contributed by atoms with Crippen molar-refractivity contribution in [3.8, 4) is 11.5 Å². The van der Waals surface area contributed by atoms with Crippen molar-refractivity contribution in [3.63, 3.8) is 0 Å². The van der Waals surface area contributed by atoms with Crippen LogP contribution in [0.4, 0.5) is 10.5 Å². The third-order valence-corrected chi connectivity index (χ3v) is 3.27. The van der Waals surface area contributed by atoms with E-state index in [0.717, 1.165) is 10.2 Å². The minimum absolute atomic E-state index is 0.0582. The quantitative estimate of drug-likeness (QED) is 0.736. The lowest BCUT2D eigenvalue weighted by molar-refractivity contribution is 0.178. The molecule has 7 nitrogen and oxygen atoms in total. The molecule has 0 atom stereocenters. The zero-order valence-corrected chi connectivity index (χ0v) is 11.6. The van der Waals surface area contributed by atoms with Crippen molar-refractivity contribution in [2.24, 2.45) is 7.05 Å². The van der Waals surface area contributed by atoms with Crippen molar-refractivity contribution >= 4 is 11.8 Å². The summed E-state index contributed by atoms with van der Waals surface area (Å²) in [6.45, 7) is 0.241. The molecule has 21 heavy (non-hydrogen) atoms. The molecule has 0 aliphatic carbocycles. The largest absolute Gasteiger partial charge is 0.452 e. The number of fused-ring (bicyclic) bond motifs is 2. The number of hydrogen-bond acceptors (Lipinski definition) is 5. The maximum atomic E-state index is 12.2. The molecule has 1 aliphatic heterocycles. The molecule has 1 aliphatic rings. The highest BCUT2D eigenvalue weighted by atomic mass is 16.5. The van der Waals surface area contributed by atoms with Gasteiger partial charge in [0.15, 0.2) is 0 Å². The van der Waals surface area contributed by atoms with Crippen LogP contribution in [0, 0.1) is 0 Å². The van der Waals surface area contributed by atoms with E-state index >= 15 is 0 Å². The summed E-state index contributed by atoms with van der Waals surface area (Å²) < 4.78 is 11.7. The van der Waals surface area contributed by atoms with Gasteiger partial charge < -0.3 is 9.47 Å². The Bertz CT molecular complexity index is 769. The molecular formula is C14H13N3O4. The van der Waals surface area contributed by atoms with Crippen LogP contribution in [0.5, 0.6) is 11.5 Å². The van der Waals surface area contributed by atoms with Gasteiger partial charge in [0.1, 0.15) is 11.4 Å². The number of hydrogen-bond donors (Lipinski definition) is 0. The molecule has 0 unspecified atom stereocenters. The van der Waals surface area contributed by atoms with E-state index in [9.17, 15) is 9.59 Å². The number of amides is 1. The van der Waals surface area contributed by atoms with Crippen LogP contribution < -0.4 is 15.2 Å². The Hall–Kier alpha value is -2.83. The third-order valence-electron chi connectivity index (χ3n) is 3.27. The molecule has 0 bridgehead atoms. The van der Waals surface area contributed by atoms with Crippen LogP contribution in [-0.4, -0.2) is 23.0 Å². The molecule has 3 rings (SSSR count). The van der Waals surface area contributed by atoms with Crippen LogP contribution >= 0.6 is 0 Å².